The molecule has 1 aromatic heterocycles. The predicted molar refractivity (Wildman–Crippen MR) is 104 cm³/mol. The molecular weight excluding hydrogens is 383 g/mol. The summed E-state index contributed by atoms with van der Waals surface area (Å²) in [4.78, 5) is 25.2. The van der Waals surface area contributed by atoms with Gasteiger partial charge in [-0.1, -0.05) is 6.42 Å². The molecule has 0 spiro atoms. The molecule has 6 nitrogen and oxygen atoms in total. The zero-order chi connectivity index (χ0) is 20.4. The van der Waals surface area contributed by atoms with Gasteiger partial charge in [0.25, 0.3) is 0 Å². The second kappa shape index (κ2) is 8.47. The van der Waals surface area contributed by atoms with Gasteiger partial charge in [-0.3, -0.25) is 14.6 Å². The first-order valence-electron chi connectivity index (χ1n) is 10.4. The number of hydrogen-bond donors (Lipinski definition) is 0. The standard InChI is InChI=1S/C20H28F3N5O/c21-20(22,23)16-4-5-18(24-14-16)27-8-6-25(7-9-27)15-19(29)28-12-10-26(11-13-28)17-2-1-3-17/h4-5,14,17H,1-3,6-13,15H2. The van der Waals surface area contributed by atoms with Gasteiger partial charge in [0, 0.05) is 64.6 Å². The highest BCUT2D eigenvalue weighted by molar-refractivity contribution is 5.78. The van der Waals surface area contributed by atoms with Crippen LogP contribution < -0.4 is 4.90 Å². The fraction of sp³-hybridized carbons (Fsp3) is 0.700. The van der Waals surface area contributed by atoms with E-state index in [0.717, 1.165) is 44.5 Å². The zero-order valence-electron chi connectivity index (χ0n) is 16.6. The molecule has 0 radical (unpaired) electrons. The van der Waals surface area contributed by atoms with Gasteiger partial charge < -0.3 is 9.80 Å². The number of pyridine rings is 1. The first-order chi connectivity index (χ1) is 13.9. The van der Waals surface area contributed by atoms with Crippen molar-refractivity contribution in [2.75, 3.05) is 63.8 Å². The van der Waals surface area contributed by atoms with Gasteiger partial charge in [-0.05, 0) is 25.0 Å². The Morgan fingerprint density at radius 2 is 1.69 bits per heavy atom. The summed E-state index contributed by atoms with van der Waals surface area (Å²) in [6, 6.07) is 3.23. The van der Waals surface area contributed by atoms with Crippen LogP contribution in [0.5, 0.6) is 0 Å². The van der Waals surface area contributed by atoms with Crippen LogP contribution in [0.25, 0.3) is 0 Å². The Bertz CT molecular complexity index is 691. The van der Waals surface area contributed by atoms with Crippen molar-refractivity contribution in [2.24, 2.45) is 0 Å². The van der Waals surface area contributed by atoms with Crippen molar-refractivity contribution in [1.82, 2.24) is 19.7 Å². The Morgan fingerprint density at radius 3 is 2.21 bits per heavy atom. The lowest BCUT2D eigenvalue weighted by molar-refractivity contribution is -0.138. The molecule has 1 aliphatic carbocycles. The second-order valence-corrected chi connectivity index (χ2v) is 8.17. The number of piperazine rings is 2. The Labute approximate surface area is 169 Å². The molecule has 29 heavy (non-hydrogen) atoms. The third-order valence-electron chi connectivity index (χ3n) is 6.39. The van der Waals surface area contributed by atoms with Gasteiger partial charge in [-0.2, -0.15) is 13.2 Å². The summed E-state index contributed by atoms with van der Waals surface area (Å²) in [5.41, 5.74) is -0.733. The van der Waals surface area contributed by atoms with E-state index in [2.05, 4.69) is 14.8 Å². The van der Waals surface area contributed by atoms with Crippen LogP contribution in [0.1, 0.15) is 24.8 Å². The lowest BCUT2D eigenvalue weighted by atomic mass is 9.91. The molecule has 3 aliphatic rings. The number of hydrogen-bond acceptors (Lipinski definition) is 5. The summed E-state index contributed by atoms with van der Waals surface area (Å²) in [6.45, 7) is 6.70. The minimum absolute atomic E-state index is 0.180. The monoisotopic (exact) mass is 411 g/mol. The largest absolute Gasteiger partial charge is 0.417 e. The number of rotatable bonds is 4. The van der Waals surface area contributed by atoms with Crippen LogP contribution in [0.15, 0.2) is 18.3 Å². The van der Waals surface area contributed by atoms with E-state index in [-0.39, 0.29) is 5.91 Å². The molecule has 9 heteroatoms. The Balaban J connectivity index is 1.21. The van der Waals surface area contributed by atoms with Gasteiger partial charge >= 0.3 is 6.18 Å². The highest BCUT2D eigenvalue weighted by Crippen LogP contribution is 2.29. The van der Waals surface area contributed by atoms with Crippen molar-refractivity contribution in [3.63, 3.8) is 0 Å². The van der Waals surface area contributed by atoms with Crippen LogP contribution in [0.2, 0.25) is 0 Å². The van der Waals surface area contributed by atoms with Crippen molar-refractivity contribution < 1.29 is 18.0 Å². The topological polar surface area (TPSA) is 42.9 Å². The van der Waals surface area contributed by atoms with E-state index in [1.54, 1.807) is 0 Å². The summed E-state index contributed by atoms with van der Waals surface area (Å²) < 4.78 is 38.0. The number of aromatic nitrogens is 1. The second-order valence-electron chi connectivity index (χ2n) is 8.17. The zero-order valence-corrected chi connectivity index (χ0v) is 16.6. The van der Waals surface area contributed by atoms with E-state index in [0.29, 0.717) is 38.5 Å². The summed E-state index contributed by atoms with van der Waals surface area (Å²) in [6.07, 6.45) is 0.443. The van der Waals surface area contributed by atoms with Crippen molar-refractivity contribution in [3.05, 3.63) is 23.9 Å². The van der Waals surface area contributed by atoms with E-state index in [1.165, 1.54) is 25.3 Å². The third-order valence-corrected chi connectivity index (χ3v) is 6.39. The first kappa shape index (κ1) is 20.4. The SMILES string of the molecule is O=C(CN1CCN(c2ccc(C(F)(F)F)cn2)CC1)N1CCN(C2CCC2)CC1. The smallest absolute Gasteiger partial charge is 0.354 e. The van der Waals surface area contributed by atoms with Crippen LogP contribution >= 0.6 is 0 Å². The van der Waals surface area contributed by atoms with Gasteiger partial charge in [-0.25, -0.2) is 4.98 Å². The third kappa shape index (κ3) is 4.83. The number of nitrogens with zero attached hydrogens (tertiary/aromatic N) is 5. The number of carbonyl (C=O) groups is 1. The molecule has 1 amide bonds. The van der Waals surface area contributed by atoms with Crippen molar-refractivity contribution in [3.8, 4) is 0 Å². The molecule has 0 N–H and O–H groups in total. The van der Waals surface area contributed by atoms with E-state index in [4.69, 9.17) is 0 Å². The molecule has 0 bridgehead atoms. The number of anilines is 1. The average Bonchev–Trinajstić information content (AvgIpc) is 2.67. The van der Waals surface area contributed by atoms with Crippen LogP contribution in [0, 0.1) is 0 Å². The molecule has 1 saturated carbocycles. The highest BCUT2D eigenvalue weighted by Gasteiger charge is 2.32. The summed E-state index contributed by atoms with van der Waals surface area (Å²) in [5.74, 6) is 0.732. The molecule has 2 aliphatic heterocycles. The predicted octanol–water partition coefficient (Wildman–Crippen LogP) is 1.92. The molecule has 160 valence electrons. The molecule has 1 aromatic rings. The van der Waals surface area contributed by atoms with Crippen LogP contribution in [0.4, 0.5) is 19.0 Å². The van der Waals surface area contributed by atoms with Gasteiger partial charge in [0.05, 0.1) is 12.1 Å². The maximum absolute atomic E-state index is 12.7. The van der Waals surface area contributed by atoms with Crippen LogP contribution in [0.3, 0.4) is 0 Å². The molecule has 0 aromatic carbocycles. The normalized spacial score (nSPS) is 22.6. The molecule has 3 heterocycles. The summed E-state index contributed by atoms with van der Waals surface area (Å²) >= 11 is 0. The molecule has 2 saturated heterocycles. The van der Waals surface area contributed by atoms with Gasteiger partial charge in [0.2, 0.25) is 5.91 Å². The molecule has 3 fully saturated rings. The number of halogens is 3. The van der Waals surface area contributed by atoms with Gasteiger partial charge in [0.1, 0.15) is 5.82 Å². The van der Waals surface area contributed by atoms with Crippen LogP contribution in [-0.2, 0) is 11.0 Å². The number of amides is 1. The Morgan fingerprint density at radius 1 is 1.00 bits per heavy atom. The van der Waals surface area contributed by atoms with Crippen molar-refractivity contribution >= 4 is 11.7 Å². The molecule has 0 unspecified atom stereocenters. The lowest BCUT2D eigenvalue weighted by Gasteiger charge is -2.43. The van der Waals surface area contributed by atoms with E-state index in [1.807, 2.05) is 9.80 Å². The first-order valence-corrected chi connectivity index (χ1v) is 10.4. The molecule has 4 rings (SSSR count). The van der Waals surface area contributed by atoms with E-state index in [9.17, 15) is 18.0 Å². The summed E-state index contributed by atoms with van der Waals surface area (Å²) in [5, 5.41) is 0. The maximum atomic E-state index is 12.7. The quantitative estimate of drug-likeness (QED) is 0.758. The summed E-state index contributed by atoms with van der Waals surface area (Å²) in [7, 11) is 0. The van der Waals surface area contributed by atoms with E-state index >= 15 is 0 Å². The van der Waals surface area contributed by atoms with Crippen molar-refractivity contribution in [2.45, 2.75) is 31.5 Å². The van der Waals surface area contributed by atoms with Gasteiger partial charge in [0.15, 0.2) is 0 Å². The van der Waals surface area contributed by atoms with Crippen LogP contribution in [-0.4, -0.2) is 90.5 Å². The van der Waals surface area contributed by atoms with Gasteiger partial charge in [-0.15, -0.1) is 0 Å². The fourth-order valence-electron chi connectivity index (χ4n) is 4.26. The Kier molecular flexibility index (Phi) is 5.96. The number of carbonyl (C=O) groups excluding carboxylic acids is 1. The van der Waals surface area contributed by atoms with E-state index < -0.39 is 11.7 Å². The average molecular weight is 411 g/mol. The maximum Gasteiger partial charge on any atom is 0.417 e. The minimum Gasteiger partial charge on any atom is -0.354 e. The number of alkyl halides is 3. The molecule has 0 atom stereocenters. The highest BCUT2D eigenvalue weighted by atomic mass is 19.4. The Hall–Kier alpha value is -1.87. The fourth-order valence-corrected chi connectivity index (χ4v) is 4.26. The van der Waals surface area contributed by atoms with Crippen molar-refractivity contribution in [1.29, 1.82) is 0 Å². The minimum atomic E-state index is -4.37. The lowest BCUT2D eigenvalue weighted by Crippen LogP contribution is -2.56. The molecular formula is C20H28F3N5O.